The molecule has 1 saturated heterocycles. The molecule has 1 fully saturated rings. The number of aromatic nitrogens is 2. The van der Waals surface area contributed by atoms with Gasteiger partial charge in [0.15, 0.2) is 0 Å². The Kier molecular flexibility index (Phi) is 6.33. The summed E-state index contributed by atoms with van der Waals surface area (Å²) in [5.74, 6) is 0.441. The third kappa shape index (κ3) is 4.77. The second kappa shape index (κ2) is 8.53. The van der Waals surface area contributed by atoms with Crippen molar-refractivity contribution in [2.24, 2.45) is 11.8 Å². The molecule has 0 N–H and O–H groups in total. The van der Waals surface area contributed by atoms with E-state index in [1.54, 1.807) is 12.4 Å². The van der Waals surface area contributed by atoms with Gasteiger partial charge in [-0.25, -0.2) is 4.98 Å². The minimum absolute atomic E-state index is 0.0509. The summed E-state index contributed by atoms with van der Waals surface area (Å²) in [5, 5.41) is 1.26. The number of piperazine rings is 1. The highest BCUT2D eigenvalue weighted by atomic mass is 35.5. The molecule has 1 aromatic heterocycles. The van der Waals surface area contributed by atoms with Crippen molar-refractivity contribution < 1.29 is 4.79 Å². The maximum absolute atomic E-state index is 13.2. The Hall–Kier alpha value is -1.72. The predicted octanol–water partition coefficient (Wildman–Crippen LogP) is 4.12. The number of halogens is 2. The summed E-state index contributed by atoms with van der Waals surface area (Å²) < 4.78 is 2.06. The molecule has 1 aliphatic rings. The average molecular weight is 409 g/mol. The first-order valence-electron chi connectivity index (χ1n) is 9.31. The summed E-state index contributed by atoms with van der Waals surface area (Å²) in [6.07, 6.45) is 3.63. The van der Waals surface area contributed by atoms with Crippen molar-refractivity contribution >= 4 is 34.8 Å². The minimum Gasteiger partial charge on any atom is -0.368 e. The van der Waals surface area contributed by atoms with Crippen LogP contribution in [0.15, 0.2) is 30.7 Å². The Morgan fingerprint density at radius 1 is 1.11 bits per heavy atom. The molecule has 0 radical (unpaired) electrons. The van der Waals surface area contributed by atoms with E-state index in [9.17, 15) is 4.79 Å². The molecule has 1 atom stereocenters. The van der Waals surface area contributed by atoms with Gasteiger partial charge in [-0.2, -0.15) is 0 Å². The predicted molar refractivity (Wildman–Crippen MR) is 111 cm³/mol. The van der Waals surface area contributed by atoms with Crippen molar-refractivity contribution in [1.82, 2.24) is 14.5 Å². The lowest BCUT2D eigenvalue weighted by Gasteiger charge is -2.38. The van der Waals surface area contributed by atoms with Crippen molar-refractivity contribution in [3.05, 3.63) is 46.5 Å². The molecule has 1 aliphatic heterocycles. The van der Waals surface area contributed by atoms with Crippen molar-refractivity contribution in [3.8, 4) is 0 Å². The Morgan fingerprint density at radius 3 is 2.26 bits per heavy atom. The van der Waals surface area contributed by atoms with E-state index in [2.05, 4.69) is 28.3 Å². The van der Waals surface area contributed by atoms with Gasteiger partial charge in [0.2, 0.25) is 5.91 Å². The Bertz CT molecular complexity index is 777. The summed E-state index contributed by atoms with van der Waals surface area (Å²) in [6.45, 7) is 9.87. The largest absolute Gasteiger partial charge is 0.368 e. The Labute approximate surface area is 170 Å². The Balaban J connectivity index is 1.65. The molecule has 0 saturated carbocycles. The molecule has 1 aromatic carbocycles. The first-order chi connectivity index (χ1) is 12.8. The number of hydrogen-bond acceptors (Lipinski definition) is 3. The van der Waals surface area contributed by atoms with Gasteiger partial charge >= 0.3 is 0 Å². The van der Waals surface area contributed by atoms with Crippen molar-refractivity contribution in [1.29, 1.82) is 0 Å². The zero-order valence-corrected chi connectivity index (χ0v) is 17.5. The van der Waals surface area contributed by atoms with Crippen LogP contribution < -0.4 is 4.90 Å². The number of benzene rings is 1. The van der Waals surface area contributed by atoms with E-state index in [1.165, 1.54) is 0 Å². The number of amides is 1. The topological polar surface area (TPSA) is 41.4 Å². The van der Waals surface area contributed by atoms with Crippen LogP contribution in [0.1, 0.15) is 19.5 Å². The summed E-state index contributed by atoms with van der Waals surface area (Å²) in [5.41, 5.74) is 2.09. The van der Waals surface area contributed by atoms with Crippen molar-refractivity contribution in [2.45, 2.75) is 27.3 Å². The third-order valence-electron chi connectivity index (χ3n) is 5.24. The van der Waals surface area contributed by atoms with Crippen molar-refractivity contribution in [2.75, 3.05) is 31.1 Å². The van der Waals surface area contributed by atoms with Crippen LogP contribution >= 0.6 is 23.2 Å². The molecule has 146 valence electrons. The summed E-state index contributed by atoms with van der Waals surface area (Å²) >= 11 is 12.2. The van der Waals surface area contributed by atoms with Gasteiger partial charge in [-0.15, -0.1) is 0 Å². The van der Waals surface area contributed by atoms with Crippen LogP contribution in [0.25, 0.3) is 0 Å². The van der Waals surface area contributed by atoms with E-state index in [1.807, 2.05) is 30.2 Å². The average Bonchev–Trinajstić information content (AvgIpc) is 3.03. The van der Waals surface area contributed by atoms with Crippen LogP contribution in [0.4, 0.5) is 5.69 Å². The maximum atomic E-state index is 13.2. The van der Waals surface area contributed by atoms with Gasteiger partial charge in [-0.05, 0) is 31.0 Å². The van der Waals surface area contributed by atoms with Gasteiger partial charge < -0.3 is 14.4 Å². The van der Waals surface area contributed by atoms with Crippen LogP contribution in [0.5, 0.6) is 0 Å². The fourth-order valence-corrected chi connectivity index (χ4v) is 4.02. The number of nitrogens with zero attached hydrogens (tertiary/aromatic N) is 4. The quantitative estimate of drug-likeness (QED) is 0.746. The molecule has 5 nitrogen and oxygen atoms in total. The van der Waals surface area contributed by atoms with Crippen LogP contribution in [0.2, 0.25) is 10.0 Å². The second-order valence-electron chi connectivity index (χ2n) is 7.48. The molecular formula is C20H26Cl2N4O. The number of imidazole rings is 1. The lowest BCUT2D eigenvalue weighted by molar-refractivity contribution is -0.137. The zero-order valence-electron chi connectivity index (χ0n) is 16.0. The Morgan fingerprint density at radius 2 is 1.74 bits per heavy atom. The second-order valence-corrected chi connectivity index (χ2v) is 8.35. The smallest absolute Gasteiger partial charge is 0.227 e. The summed E-state index contributed by atoms with van der Waals surface area (Å²) in [4.78, 5) is 21.5. The molecule has 3 rings (SSSR count). The van der Waals surface area contributed by atoms with Crippen LogP contribution in [-0.4, -0.2) is 46.5 Å². The fourth-order valence-electron chi connectivity index (χ4n) is 3.51. The lowest BCUT2D eigenvalue weighted by atomic mass is 9.93. The third-order valence-corrected chi connectivity index (χ3v) is 5.68. The molecule has 1 amide bonds. The van der Waals surface area contributed by atoms with Gasteiger partial charge in [-0.1, -0.05) is 37.0 Å². The van der Waals surface area contributed by atoms with E-state index < -0.39 is 0 Å². The van der Waals surface area contributed by atoms with Gasteiger partial charge in [0.1, 0.15) is 0 Å². The van der Waals surface area contributed by atoms with Crippen LogP contribution in [-0.2, 0) is 11.3 Å². The van der Waals surface area contributed by atoms with Gasteiger partial charge in [0, 0.05) is 60.3 Å². The molecule has 2 heterocycles. The van der Waals surface area contributed by atoms with Crippen LogP contribution in [0, 0.1) is 18.8 Å². The molecular weight excluding hydrogens is 383 g/mol. The minimum atomic E-state index is -0.0509. The van der Waals surface area contributed by atoms with E-state index >= 15 is 0 Å². The highest BCUT2D eigenvalue weighted by molar-refractivity contribution is 6.35. The molecule has 0 aliphatic carbocycles. The van der Waals surface area contributed by atoms with E-state index in [0.29, 0.717) is 29.7 Å². The number of hydrogen-bond donors (Lipinski definition) is 0. The number of aryl methyl sites for hydroxylation is 1. The molecule has 0 bridgehead atoms. The number of carbonyl (C=O) groups is 1. The summed E-state index contributed by atoms with van der Waals surface area (Å²) in [7, 11) is 0. The molecule has 0 spiro atoms. The number of carbonyl (C=O) groups excluding carboxylic acids is 1. The van der Waals surface area contributed by atoms with Crippen molar-refractivity contribution in [3.63, 3.8) is 0 Å². The SMILES string of the molecule is Cc1cncn1CC(C(=O)N1CCN(c2cc(Cl)cc(Cl)c2)CC1)C(C)C. The molecule has 1 unspecified atom stereocenters. The molecule has 7 heteroatoms. The number of anilines is 1. The van der Waals surface area contributed by atoms with Gasteiger partial charge in [0.05, 0.1) is 12.2 Å². The van der Waals surface area contributed by atoms with Crippen LogP contribution in [0.3, 0.4) is 0 Å². The lowest BCUT2D eigenvalue weighted by Crippen LogP contribution is -2.51. The standard InChI is InChI=1S/C20H26Cl2N4O/c1-14(2)19(12-26-13-23-11-15(26)3)20(27)25-6-4-24(5-7-25)18-9-16(21)8-17(22)10-18/h8-11,13-14,19H,4-7,12H2,1-3H3. The van der Waals surface area contributed by atoms with Gasteiger partial charge in [0.25, 0.3) is 0 Å². The van der Waals surface area contributed by atoms with E-state index in [-0.39, 0.29) is 17.7 Å². The number of rotatable bonds is 5. The monoisotopic (exact) mass is 408 g/mol. The highest BCUT2D eigenvalue weighted by Gasteiger charge is 2.30. The molecule has 2 aromatic rings. The first-order valence-corrected chi connectivity index (χ1v) is 10.1. The highest BCUT2D eigenvalue weighted by Crippen LogP contribution is 2.27. The van der Waals surface area contributed by atoms with E-state index in [0.717, 1.165) is 24.5 Å². The maximum Gasteiger partial charge on any atom is 0.227 e. The van der Waals surface area contributed by atoms with Gasteiger partial charge in [-0.3, -0.25) is 4.79 Å². The first kappa shape index (κ1) is 20.0. The zero-order chi connectivity index (χ0) is 19.6. The normalized spacial score (nSPS) is 16.1. The van der Waals surface area contributed by atoms with E-state index in [4.69, 9.17) is 23.2 Å². The summed E-state index contributed by atoms with van der Waals surface area (Å²) in [6, 6.07) is 5.57. The molecule has 27 heavy (non-hydrogen) atoms. The fraction of sp³-hybridized carbons (Fsp3) is 0.500.